The van der Waals surface area contributed by atoms with Crippen LogP contribution in [0.2, 0.25) is 5.02 Å². The first-order chi connectivity index (χ1) is 8.75. The minimum Gasteiger partial charge on any atom is -0.373 e. The van der Waals surface area contributed by atoms with Gasteiger partial charge in [-0.25, -0.2) is 0 Å². The standard InChI is InChI=1S/C14H13ClO2S/c15-12-5-3-11(4-6-12)14(16)10-17-8-7-13-2-1-9-18-13/h1-6,9H,7-8,10H2. The number of ketones is 1. The number of carbonyl (C=O) groups excluding carboxylic acids is 1. The molecule has 0 atom stereocenters. The maximum absolute atomic E-state index is 11.8. The molecule has 2 aromatic rings. The van der Waals surface area contributed by atoms with Crippen LogP contribution in [-0.4, -0.2) is 19.0 Å². The second-order valence-corrected chi connectivity index (χ2v) is 5.28. The quantitative estimate of drug-likeness (QED) is 0.593. The maximum atomic E-state index is 11.8. The smallest absolute Gasteiger partial charge is 0.188 e. The van der Waals surface area contributed by atoms with E-state index in [-0.39, 0.29) is 12.4 Å². The van der Waals surface area contributed by atoms with Gasteiger partial charge in [0.2, 0.25) is 0 Å². The molecular weight excluding hydrogens is 268 g/mol. The summed E-state index contributed by atoms with van der Waals surface area (Å²) in [6, 6.07) is 10.9. The Bertz CT molecular complexity index is 491. The molecule has 1 aromatic carbocycles. The molecule has 0 bridgehead atoms. The van der Waals surface area contributed by atoms with Gasteiger partial charge in [-0.2, -0.15) is 0 Å². The Balaban J connectivity index is 1.73. The number of carbonyl (C=O) groups is 1. The van der Waals surface area contributed by atoms with Crippen LogP contribution in [0.15, 0.2) is 41.8 Å². The van der Waals surface area contributed by atoms with Crippen LogP contribution in [-0.2, 0) is 11.2 Å². The van der Waals surface area contributed by atoms with E-state index in [0.29, 0.717) is 17.2 Å². The number of halogens is 1. The lowest BCUT2D eigenvalue weighted by atomic mass is 10.1. The predicted molar refractivity (Wildman–Crippen MR) is 74.6 cm³/mol. The maximum Gasteiger partial charge on any atom is 0.188 e. The van der Waals surface area contributed by atoms with Gasteiger partial charge in [-0.05, 0) is 35.7 Å². The van der Waals surface area contributed by atoms with E-state index in [1.54, 1.807) is 35.6 Å². The molecule has 1 aromatic heterocycles. The second-order valence-electron chi connectivity index (χ2n) is 3.81. The summed E-state index contributed by atoms with van der Waals surface area (Å²) < 4.78 is 5.38. The molecule has 4 heteroatoms. The summed E-state index contributed by atoms with van der Waals surface area (Å²) in [5, 5.41) is 2.67. The number of rotatable bonds is 6. The zero-order valence-corrected chi connectivity index (χ0v) is 11.3. The summed E-state index contributed by atoms with van der Waals surface area (Å²) in [5.41, 5.74) is 0.635. The molecule has 0 saturated carbocycles. The zero-order valence-electron chi connectivity index (χ0n) is 9.77. The first kappa shape index (κ1) is 13.3. The Labute approximate surface area is 115 Å². The minimum absolute atomic E-state index is 0.0159. The molecule has 0 amide bonds. The van der Waals surface area contributed by atoms with Gasteiger partial charge in [0.1, 0.15) is 6.61 Å². The molecule has 0 radical (unpaired) electrons. The molecule has 0 aliphatic carbocycles. The molecule has 0 saturated heterocycles. The molecule has 2 rings (SSSR count). The van der Waals surface area contributed by atoms with Gasteiger partial charge >= 0.3 is 0 Å². The number of hydrogen-bond acceptors (Lipinski definition) is 3. The van der Waals surface area contributed by atoms with Crippen LogP contribution < -0.4 is 0 Å². The van der Waals surface area contributed by atoms with Crippen molar-refractivity contribution in [3.63, 3.8) is 0 Å². The van der Waals surface area contributed by atoms with E-state index < -0.39 is 0 Å². The molecule has 18 heavy (non-hydrogen) atoms. The van der Waals surface area contributed by atoms with Crippen molar-refractivity contribution in [2.24, 2.45) is 0 Å². The summed E-state index contributed by atoms with van der Waals surface area (Å²) in [5.74, 6) is -0.0159. The first-order valence-electron chi connectivity index (χ1n) is 5.64. The molecule has 1 heterocycles. The van der Waals surface area contributed by atoms with E-state index in [1.807, 2.05) is 11.4 Å². The number of Topliss-reactive ketones (excluding diaryl/α,β-unsaturated/α-hetero) is 1. The summed E-state index contributed by atoms with van der Waals surface area (Å²) in [6.07, 6.45) is 0.853. The third kappa shape index (κ3) is 3.95. The molecule has 0 unspecified atom stereocenters. The van der Waals surface area contributed by atoms with Gasteiger partial charge < -0.3 is 4.74 Å². The predicted octanol–water partition coefficient (Wildman–Crippen LogP) is 3.84. The highest BCUT2D eigenvalue weighted by Gasteiger charge is 2.05. The highest BCUT2D eigenvalue weighted by atomic mass is 35.5. The Hall–Kier alpha value is -1.16. The highest BCUT2D eigenvalue weighted by molar-refractivity contribution is 7.09. The summed E-state index contributed by atoms with van der Waals surface area (Å²) >= 11 is 7.46. The largest absolute Gasteiger partial charge is 0.373 e. The Kier molecular flexibility index (Phi) is 4.93. The van der Waals surface area contributed by atoms with E-state index in [2.05, 4.69) is 6.07 Å². The molecule has 0 N–H and O–H groups in total. The van der Waals surface area contributed by atoms with Crippen molar-refractivity contribution >= 4 is 28.7 Å². The fraction of sp³-hybridized carbons (Fsp3) is 0.214. The van der Waals surface area contributed by atoms with Gasteiger partial charge in [-0.1, -0.05) is 17.7 Å². The van der Waals surface area contributed by atoms with Gasteiger partial charge in [0.15, 0.2) is 5.78 Å². The number of benzene rings is 1. The normalized spacial score (nSPS) is 10.5. The van der Waals surface area contributed by atoms with Crippen LogP contribution in [0.1, 0.15) is 15.2 Å². The molecule has 0 aliphatic heterocycles. The van der Waals surface area contributed by atoms with Crippen molar-refractivity contribution in [1.29, 1.82) is 0 Å². The number of ether oxygens (including phenoxy) is 1. The van der Waals surface area contributed by atoms with E-state index in [1.165, 1.54) is 4.88 Å². The SMILES string of the molecule is O=C(COCCc1cccs1)c1ccc(Cl)cc1. The number of thiophene rings is 1. The highest BCUT2D eigenvalue weighted by Crippen LogP contribution is 2.11. The van der Waals surface area contributed by atoms with Gasteiger partial charge in [-0.15, -0.1) is 11.3 Å². The molecule has 2 nitrogen and oxygen atoms in total. The molecule has 0 fully saturated rings. The second kappa shape index (κ2) is 6.69. The first-order valence-corrected chi connectivity index (χ1v) is 6.90. The lowest BCUT2D eigenvalue weighted by Crippen LogP contribution is -2.10. The molecular formula is C14H13ClO2S. The van der Waals surface area contributed by atoms with E-state index in [9.17, 15) is 4.79 Å². The molecule has 0 aliphatic rings. The van der Waals surface area contributed by atoms with Crippen LogP contribution in [0, 0.1) is 0 Å². The average molecular weight is 281 g/mol. The van der Waals surface area contributed by atoms with Crippen LogP contribution in [0.4, 0.5) is 0 Å². The van der Waals surface area contributed by atoms with E-state index >= 15 is 0 Å². The van der Waals surface area contributed by atoms with Crippen molar-refractivity contribution in [3.05, 3.63) is 57.2 Å². The van der Waals surface area contributed by atoms with E-state index in [0.717, 1.165) is 6.42 Å². The van der Waals surface area contributed by atoms with Gasteiger partial charge in [0.25, 0.3) is 0 Å². The minimum atomic E-state index is -0.0159. The van der Waals surface area contributed by atoms with E-state index in [4.69, 9.17) is 16.3 Å². The van der Waals surface area contributed by atoms with Gasteiger partial charge in [0.05, 0.1) is 6.61 Å². The van der Waals surface area contributed by atoms with Crippen LogP contribution in [0.5, 0.6) is 0 Å². The lowest BCUT2D eigenvalue weighted by molar-refractivity contribution is 0.0766. The van der Waals surface area contributed by atoms with Crippen molar-refractivity contribution in [1.82, 2.24) is 0 Å². The fourth-order valence-corrected chi connectivity index (χ4v) is 2.33. The summed E-state index contributed by atoms with van der Waals surface area (Å²) in [7, 11) is 0. The topological polar surface area (TPSA) is 26.3 Å². The van der Waals surface area contributed by atoms with Gasteiger partial charge in [0, 0.05) is 21.9 Å². The third-order valence-electron chi connectivity index (χ3n) is 2.47. The van der Waals surface area contributed by atoms with Crippen molar-refractivity contribution < 1.29 is 9.53 Å². The van der Waals surface area contributed by atoms with Crippen LogP contribution >= 0.6 is 22.9 Å². The molecule has 94 valence electrons. The van der Waals surface area contributed by atoms with Crippen LogP contribution in [0.3, 0.4) is 0 Å². The fourth-order valence-electron chi connectivity index (χ4n) is 1.51. The zero-order chi connectivity index (χ0) is 12.8. The Morgan fingerprint density at radius 1 is 1.22 bits per heavy atom. The van der Waals surface area contributed by atoms with Crippen molar-refractivity contribution in [3.8, 4) is 0 Å². The Morgan fingerprint density at radius 3 is 2.67 bits per heavy atom. The van der Waals surface area contributed by atoms with Gasteiger partial charge in [-0.3, -0.25) is 4.79 Å². The van der Waals surface area contributed by atoms with Crippen LogP contribution in [0.25, 0.3) is 0 Å². The lowest BCUT2D eigenvalue weighted by Gasteiger charge is -2.03. The molecule has 0 spiro atoms. The average Bonchev–Trinajstić information content (AvgIpc) is 2.88. The monoisotopic (exact) mass is 280 g/mol. The number of hydrogen-bond donors (Lipinski definition) is 0. The van der Waals surface area contributed by atoms with Crippen molar-refractivity contribution in [2.75, 3.05) is 13.2 Å². The van der Waals surface area contributed by atoms with Crippen molar-refractivity contribution in [2.45, 2.75) is 6.42 Å². The Morgan fingerprint density at radius 2 is 2.00 bits per heavy atom. The third-order valence-corrected chi connectivity index (χ3v) is 3.66. The summed E-state index contributed by atoms with van der Waals surface area (Å²) in [6.45, 7) is 0.687. The summed E-state index contributed by atoms with van der Waals surface area (Å²) in [4.78, 5) is 13.0.